The van der Waals surface area contributed by atoms with E-state index in [0.29, 0.717) is 6.54 Å². The van der Waals surface area contributed by atoms with Crippen molar-refractivity contribution >= 4 is 6.09 Å². The summed E-state index contributed by atoms with van der Waals surface area (Å²) in [4.78, 5) is 14.1. The zero-order valence-electron chi connectivity index (χ0n) is 12.4. The zero-order valence-corrected chi connectivity index (χ0v) is 12.4. The van der Waals surface area contributed by atoms with Gasteiger partial charge >= 0.3 is 6.09 Å². The molecule has 22 heavy (non-hydrogen) atoms. The largest absolute Gasteiger partial charge is 0.445 e. The van der Waals surface area contributed by atoms with Crippen LogP contribution in [0.4, 0.5) is 4.79 Å². The van der Waals surface area contributed by atoms with Gasteiger partial charge in [0.1, 0.15) is 6.61 Å². The Morgan fingerprint density at radius 1 is 1.09 bits per heavy atom. The Morgan fingerprint density at radius 2 is 1.73 bits per heavy atom. The lowest BCUT2D eigenvalue weighted by Gasteiger charge is -2.26. The first-order chi connectivity index (χ1) is 10.8. The van der Waals surface area contributed by atoms with E-state index < -0.39 is 0 Å². The lowest BCUT2D eigenvalue weighted by Crippen LogP contribution is -2.36. The summed E-state index contributed by atoms with van der Waals surface area (Å²) in [5, 5.41) is 0. The summed E-state index contributed by atoms with van der Waals surface area (Å²) < 4.78 is 5.44. The van der Waals surface area contributed by atoms with Crippen LogP contribution >= 0.6 is 0 Å². The summed E-state index contributed by atoms with van der Waals surface area (Å²) in [5.74, 6) is 0. The van der Waals surface area contributed by atoms with Gasteiger partial charge in [-0.1, -0.05) is 60.7 Å². The summed E-state index contributed by atoms with van der Waals surface area (Å²) in [6, 6.07) is 19.4. The highest BCUT2D eigenvalue weighted by atomic mass is 16.6. The number of hydrogen-bond donors (Lipinski definition) is 1. The molecular formula is C18H20N2O2. The van der Waals surface area contributed by atoms with Crippen LogP contribution in [0.1, 0.15) is 23.6 Å². The minimum atomic E-state index is -0.300. The Balaban J connectivity index is 1.68. The van der Waals surface area contributed by atoms with Crippen molar-refractivity contribution in [3.05, 3.63) is 71.8 Å². The lowest BCUT2D eigenvalue weighted by molar-refractivity contribution is 0.0908. The maximum atomic E-state index is 12.4. The zero-order chi connectivity index (χ0) is 15.4. The standard InChI is InChI=1S/C18H20N2O2/c19-16-11-12-20(17(16)15-9-5-2-6-10-15)18(21)22-13-14-7-3-1-4-8-14/h1-10,16-17H,11-13,19H2/t16-,17+/m1/s1. The van der Waals surface area contributed by atoms with Gasteiger partial charge in [0, 0.05) is 12.6 Å². The highest BCUT2D eigenvalue weighted by Gasteiger charge is 2.36. The topological polar surface area (TPSA) is 55.6 Å². The number of ether oxygens (including phenoxy) is 1. The number of rotatable bonds is 3. The van der Waals surface area contributed by atoms with E-state index in [1.807, 2.05) is 60.7 Å². The van der Waals surface area contributed by atoms with Gasteiger partial charge in [0.05, 0.1) is 6.04 Å². The molecule has 0 aromatic heterocycles. The van der Waals surface area contributed by atoms with E-state index >= 15 is 0 Å². The second-order valence-corrected chi connectivity index (χ2v) is 5.54. The fourth-order valence-electron chi connectivity index (χ4n) is 2.90. The third kappa shape index (κ3) is 3.12. The molecule has 1 saturated heterocycles. The molecule has 0 aliphatic carbocycles. The van der Waals surface area contributed by atoms with Crippen molar-refractivity contribution in [2.45, 2.75) is 25.1 Å². The predicted molar refractivity (Wildman–Crippen MR) is 85.1 cm³/mol. The van der Waals surface area contributed by atoms with E-state index in [2.05, 4.69) is 0 Å². The molecule has 3 rings (SSSR count). The molecule has 114 valence electrons. The third-order valence-electron chi connectivity index (χ3n) is 4.03. The van der Waals surface area contributed by atoms with Gasteiger partial charge in [-0.3, -0.25) is 4.90 Å². The van der Waals surface area contributed by atoms with Crippen LogP contribution in [0, 0.1) is 0 Å². The second kappa shape index (κ2) is 6.62. The van der Waals surface area contributed by atoms with Crippen molar-refractivity contribution in [3.63, 3.8) is 0 Å². The highest BCUT2D eigenvalue weighted by molar-refractivity contribution is 5.69. The number of nitrogens with zero attached hydrogens (tertiary/aromatic N) is 1. The van der Waals surface area contributed by atoms with Crippen LogP contribution in [-0.2, 0) is 11.3 Å². The number of likely N-dealkylation sites (tertiary alicyclic amines) is 1. The van der Waals surface area contributed by atoms with Gasteiger partial charge in [0.15, 0.2) is 0 Å². The molecule has 2 atom stereocenters. The highest BCUT2D eigenvalue weighted by Crippen LogP contribution is 2.31. The predicted octanol–water partition coefficient (Wildman–Crippen LogP) is 3.10. The third-order valence-corrected chi connectivity index (χ3v) is 4.03. The van der Waals surface area contributed by atoms with Gasteiger partial charge in [-0.25, -0.2) is 4.79 Å². The van der Waals surface area contributed by atoms with Gasteiger partial charge in [-0.2, -0.15) is 0 Å². The van der Waals surface area contributed by atoms with E-state index in [1.54, 1.807) is 4.90 Å². The van der Waals surface area contributed by atoms with E-state index in [-0.39, 0.29) is 24.8 Å². The molecular weight excluding hydrogens is 276 g/mol. The van der Waals surface area contributed by atoms with Crippen molar-refractivity contribution in [3.8, 4) is 0 Å². The number of carbonyl (C=O) groups excluding carboxylic acids is 1. The van der Waals surface area contributed by atoms with Crippen molar-refractivity contribution in [2.75, 3.05) is 6.54 Å². The monoisotopic (exact) mass is 296 g/mol. The number of nitrogens with two attached hydrogens (primary N) is 1. The molecule has 0 saturated carbocycles. The van der Waals surface area contributed by atoms with Gasteiger partial charge in [-0.05, 0) is 17.5 Å². The van der Waals surface area contributed by atoms with Gasteiger partial charge < -0.3 is 10.5 Å². The number of hydrogen-bond acceptors (Lipinski definition) is 3. The molecule has 2 aromatic carbocycles. The van der Waals surface area contributed by atoms with Crippen molar-refractivity contribution in [1.29, 1.82) is 0 Å². The maximum absolute atomic E-state index is 12.4. The molecule has 1 amide bonds. The van der Waals surface area contributed by atoms with E-state index in [0.717, 1.165) is 17.5 Å². The van der Waals surface area contributed by atoms with Crippen LogP contribution in [-0.4, -0.2) is 23.6 Å². The normalized spacial score (nSPS) is 20.9. The Labute approximate surface area is 130 Å². The molecule has 4 heteroatoms. The molecule has 0 bridgehead atoms. The first kappa shape index (κ1) is 14.6. The Kier molecular flexibility index (Phi) is 4.39. The van der Waals surface area contributed by atoms with E-state index in [9.17, 15) is 4.79 Å². The van der Waals surface area contributed by atoms with Crippen LogP contribution < -0.4 is 5.73 Å². The number of carbonyl (C=O) groups is 1. The molecule has 1 aliphatic heterocycles. The second-order valence-electron chi connectivity index (χ2n) is 5.54. The Bertz CT molecular complexity index is 615. The minimum Gasteiger partial charge on any atom is -0.445 e. The van der Waals surface area contributed by atoms with Crippen molar-refractivity contribution < 1.29 is 9.53 Å². The van der Waals surface area contributed by atoms with Crippen LogP contribution in [0.2, 0.25) is 0 Å². The molecule has 0 spiro atoms. The van der Waals surface area contributed by atoms with Crippen LogP contribution in [0.3, 0.4) is 0 Å². The quantitative estimate of drug-likeness (QED) is 0.947. The molecule has 1 heterocycles. The first-order valence-electron chi connectivity index (χ1n) is 7.53. The minimum absolute atomic E-state index is 0.0494. The van der Waals surface area contributed by atoms with Crippen molar-refractivity contribution in [2.24, 2.45) is 5.73 Å². The summed E-state index contributed by atoms with van der Waals surface area (Å²) in [5.41, 5.74) is 8.24. The molecule has 2 aromatic rings. The SMILES string of the molecule is N[C@@H]1CCN(C(=O)OCc2ccccc2)[C@H]1c1ccccc1. The molecule has 4 nitrogen and oxygen atoms in total. The van der Waals surface area contributed by atoms with Crippen LogP contribution in [0.15, 0.2) is 60.7 Å². The molecule has 0 unspecified atom stereocenters. The molecule has 1 aliphatic rings. The van der Waals surface area contributed by atoms with E-state index in [4.69, 9.17) is 10.5 Å². The number of benzene rings is 2. The fourth-order valence-corrected chi connectivity index (χ4v) is 2.90. The van der Waals surface area contributed by atoms with E-state index in [1.165, 1.54) is 0 Å². The first-order valence-corrected chi connectivity index (χ1v) is 7.53. The summed E-state index contributed by atoms with van der Waals surface area (Å²) in [6.07, 6.45) is 0.491. The molecule has 0 radical (unpaired) electrons. The average molecular weight is 296 g/mol. The smallest absolute Gasteiger partial charge is 0.410 e. The molecule has 1 fully saturated rings. The summed E-state index contributed by atoms with van der Waals surface area (Å²) in [6.45, 7) is 0.918. The summed E-state index contributed by atoms with van der Waals surface area (Å²) in [7, 11) is 0. The average Bonchev–Trinajstić information content (AvgIpc) is 2.96. The summed E-state index contributed by atoms with van der Waals surface area (Å²) >= 11 is 0. The lowest BCUT2D eigenvalue weighted by atomic mass is 10.0. The fraction of sp³-hybridized carbons (Fsp3) is 0.278. The van der Waals surface area contributed by atoms with Crippen LogP contribution in [0.5, 0.6) is 0 Å². The Hall–Kier alpha value is -2.33. The van der Waals surface area contributed by atoms with Crippen LogP contribution in [0.25, 0.3) is 0 Å². The van der Waals surface area contributed by atoms with Gasteiger partial charge in [0.2, 0.25) is 0 Å². The van der Waals surface area contributed by atoms with Crippen molar-refractivity contribution in [1.82, 2.24) is 4.90 Å². The maximum Gasteiger partial charge on any atom is 0.410 e. The van der Waals surface area contributed by atoms with Gasteiger partial charge in [0.25, 0.3) is 0 Å². The molecule has 2 N–H and O–H groups in total. The Morgan fingerprint density at radius 3 is 2.41 bits per heavy atom. The number of amides is 1. The van der Waals surface area contributed by atoms with Gasteiger partial charge in [-0.15, -0.1) is 0 Å².